The maximum atomic E-state index is 12.5. The number of alkyl halides is 3. The van der Waals surface area contributed by atoms with Gasteiger partial charge in [-0.15, -0.1) is 0 Å². The summed E-state index contributed by atoms with van der Waals surface area (Å²) < 4.78 is 38.3. The Hall–Kier alpha value is -0.500. The molecule has 1 aromatic carbocycles. The van der Waals surface area contributed by atoms with E-state index in [4.69, 9.17) is 11.6 Å². The van der Waals surface area contributed by atoms with Crippen molar-refractivity contribution in [3.63, 3.8) is 0 Å². The summed E-state index contributed by atoms with van der Waals surface area (Å²) in [6.07, 6.45) is -3.16. The normalized spacial score (nSPS) is 11.5. The molecule has 112 valence electrons. The molecule has 0 saturated carbocycles. The lowest BCUT2D eigenvalue weighted by molar-refractivity contribution is -0.140. The van der Waals surface area contributed by atoms with Gasteiger partial charge < -0.3 is 4.90 Å². The van der Waals surface area contributed by atoms with Crippen molar-refractivity contribution in [2.75, 3.05) is 13.1 Å². The number of unbranched alkanes of at least 4 members (excludes halogenated alkanes) is 1. The minimum atomic E-state index is -4.41. The van der Waals surface area contributed by atoms with E-state index >= 15 is 0 Å². The zero-order valence-corrected chi connectivity index (χ0v) is 13.7. The van der Waals surface area contributed by atoms with E-state index in [-0.39, 0.29) is 12.1 Å². The Kier molecular flexibility index (Phi) is 6.57. The van der Waals surface area contributed by atoms with Crippen molar-refractivity contribution in [2.24, 2.45) is 0 Å². The van der Waals surface area contributed by atoms with Gasteiger partial charge in [0.05, 0.1) is 5.02 Å². The van der Waals surface area contributed by atoms with Gasteiger partial charge in [-0.05, 0) is 47.2 Å². The summed E-state index contributed by atoms with van der Waals surface area (Å²) in [5.74, 6) is -0.644. The molecule has 0 aromatic heterocycles. The van der Waals surface area contributed by atoms with Gasteiger partial charge in [-0.1, -0.05) is 24.9 Å². The van der Waals surface area contributed by atoms with E-state index in [1.54, 1.807) is 6.07 Å². The molecule has 7 heteroatoms. The van der Waals surface area contributed by atoms with Crippen molar-refractivity contribution in [3.8, 4) is 0 Å². The van der Waals surface area contributed by atoms with Gasteiger partial charge in [0.2, 0.25) is 0 Å². The summed E-state index contributed by atoms with van der Waals surface area (Å²) in [7, 11) is 0. The molecule has 0 atom stereocenters. The Bertz CT molecular complexity index is 479. The fourth-order valence-electron chi connectivity index (χ4n) is 1.63. The maximum absolute atomic E-state index is 12.5. The Balaban J connectivity index is 2.93. The molecular formula is C13H14ClF3INO. The van der Waals surface area contributed by atoms with Gasteiger partial charge >= 0.3 is 6.18 Å². The van der Waals surface area contributed by atoms with E-state index in [0.717, 1.165) is 14.9 Å². The molecule has 0 unspecified atom stereocenters. The van der Waals surface area contributed by atoms with Gasteiger partial charge in [0.1, 0.15) is 6.54 Å². The third-order valence-electron chi connectivity index (χ3n) is 2.61. The first-order chi connectivity index (χ1) is 9.24. The van der Waals surface area contributed by atoms with Crippen LogP contribution in [-0.2, 0) is 0 Å². The van der Waals surface area contributed by atoms with Crippen LogP contribution in [-0.4, -0.2) is 30.1 Å². The molecule has 0 N–H and O–H groups in total. The van der Waals surface area contributed by atoms with Gasteiger partial charge in [-0.2, -0.15) is 13.2 Å². The zero-order valence-electron chi connectivity index (χ0n) is 10.8. The van der Waals surface area contributed by atoms with Crippen molar-refractivity contribution in [1.29, 1.82) is 0 Å². The number of benzene rings is 1. The highest BCUT2D eigenvalue weighted by atomic mass is 127. The molecular weight excluding hydrogens is 406 g/mol. The Morgan fingerprint density at radius 2 is 2.05 bits per heavy atom. The first kappa shape index (κ1) is 17.6. The predicted octanol–water partition coefficient (Wildman–Crippen LogP) is 4.75. The van der Waals surface area contributed by atoms with Gasteiger partial charge in [0, 0.05) is 15.7 Å². The van der Waals surface area contributed by atoms with E-state index in [0.29, 0.717) is 11.4 Å². The molecule has 0 aliphatic rings. The summed E-state index contributed by atoms with van der Waals surface area (Å²) in [6, 6.07) is 4.51. The number of halogens is 5. The number of carbonyl (C=O) groups excluding carboxylic acids is 1. The second kappa shape index (κ2) is 7.49. The largest absolute Gasteiger partial charge is 0.406 e. The van der Waals surface area contributed by atoms with Crippen LogP contribution in [0.4, 0.5) is 13.2 Å². The van der Waals surface area contributed by atoms with Crippen molar-refractivity contribution in [3.05, 3.63) is 32.4 Å². The smallest absolute Gasteiger partial charge is 0.330 e. The lowest BCUT2D eigenvalue weighted by Gasteiger charge is -2.24. The molecule has 1 aromatic rings. The van der Waals surface area contributed by atoms with E-state index in [9.17, 15) is 18.0 Å². The Morgan fingerprint density at radius 3 is 2.55 bits per heavy atom. The highest BCUT2D eigenvalue weighted by Crippen LogP contribution is 2.22. The van der Waals surface area contributed by atoms with Crippen LogP contribution in [0.5, 0.6) is 0 Å². The van der Waals surface area contributed by atoms with Crippen molar-refractivity contribution in [2.45, 2.75) is 25.9 Å². The number of rotatable bonds is 5. The van der Waals surface area contributed by atoms with E-state index in [2.05, 4.69) is 0 Å². The zero-order chi connectivity index (χ0) is 15.3. The average molecular weight is 420 g/mol. The molecule has 2 nitrogen and oxygen atoms in total. The molecule has 0 fully saturated rings. The van der Waals surface area contributed by atoms with Gasteiger partial charge in [-0.3, -0.25) is 4.79 Å². The minimum absolute atomic E-state index is 0.0818. The van der Waals surface area contributed by atoms with Crippen LogP contribution in [0.3, 0.4) is 0 Å². The molecule has 0 heterocycles. The minimum Gasteiger partial charge on any atom is -0.330 e. The standard InChI is InChI=1S/C13H14ClF3INO/c1-2-3-6-19(8-13(15,16)17)12(20)9-4-5-11(18)10(14)7-9/h4-5,7H,2-3,6,8H2,1H3. The number of nitrogens with zero attached hydrogens (tertiary/aromatic N) is 1. The molecule has 20 heavy (non-hydrogen) atoms. The summed E-state index contributed by atoms with van der Waals surface area (Å²) >= 11 is 7.89. The van der Waals surface area contributed by atoms with Crippen molar-refractivity contribution < 1.29 is 18.0 Å². The Morgan fingerprint density at radius 1 is 1.40 bits per heavy atom. The van der Waals surface area contributed by atoms with E-state index < -0.39 is 18.6 Å². The summed E-state index contributed by atoms with van der Waals surface area (Å²) in [5.41, 5.74) is 0.177. The van der Waals surface area contributed by atoms with Crippen LogP contribution in [0.2, 0.25) is 5.02 Å². The predicted molar refractivity (Wildman–Crippen MR) is 81.0 cm³/mol. The fraction of sp³-hybridized carbons (Fsp3) is 0.462. The monoisotopic (exact) mass is 419 g/mol. The molecule has 0 aliphatic carbocycles. The quantitative estimate of drug-likeness (QED) is 0.631. The summed E-state index contributed by atoms with van der Waals surface area (Å²) in [5, 5.41) is 0.360. The van der Waals surface area contributed by atoms with Crippen LogP contribution in [0.25, 0.3) is 0 Å². The third kappa shape index (κ3) is 5.47. The highest BCUT2D eigenvalue weighted by Gasteiger charge is 2.33. The molecule has 0 bridgehead atoms. The lowest BCUT2D eigenvalue weighted by Crippen LogP contribution is -2.39. The van der Waals surface area contributed by atoms with Crippen molar-refractivity contribution in [1.82, 2.24) is 4.90 Å². The number of hydrogen-bond donors (Lipinski definition) is 0. The molecule has 1 amide bonds. The van der Waals surface area contributed by atoms with Crippen molar-refractivity contribution >= 4 is 40.1 Å². The van der Waals surface area contributed by atoms with Crippen LogP contribution in [0.1, 0.15) is 30.1 Å². The van der Waals surface area contributed by atoms with Crippen LogP contribution >= 0.6 is 34.2 Å². The molecule has 1 rings (SSSR count). The number of amides is 1. The Labute approximate surface area is 134 Å². The first-order valence-electron chi connectivity index (χ1n) is 6.05. The highest BCUT2D eigenvalue weighted by molar-refractivity contribution is 14.1. The SMILES string of the molecule is CCCCN(CC(F)(F)F)C(=O)c1ccc(I)c(Cl)c1. The van der Waals surface area contributed by atoms with Crippen LogP contribution < -0.4 is 0 Å². The molecule has 0 spiro atoms. The average Bonchev–Trinajstić information content (AvgIpc) is 2.35. The van der Waals surface area contributed by atoms with Crippen LogP contribution in [0, 0.1) is 3.57 Å². The topological polar surface area (TPSA) is 20.3 Å². The molecule has 0 aliphatic heterocycles. The van der Waals surface area contributed by atoms with Crippen LogP contribution in [0.15, 0.2) is 18.2 Å². The summed E-state index contributed by atoms with van der Waals surface area (Å²) in [6.45, 7) is 0.700. The first-order valence-corrected chi connectivity index (χ1v) is 7.51. The maximum Gasteiger partial charge on any atom is 0.406 e. The lowest BCUT2D eigenvalue weighted by atomic mass is 10.2. The van der Waals surface area contributed by atoms with Gasteiger partial charge in [0.25, 0.3) is 5.91 Å². The third-order valence-corrected chi connectivity index (χ3v) is 4.18. The van der Waals surface area contributed by atoms with Gasteiger partial charge in [0.15, 0.2) is 0 Å². The second-order valence-electron chi connectivity index (χ2n) is 4.32. The fourth-order valence-corrected chi connectivity index (χ4v) is 2.15. The molecule has 0 radical (unpaired) electrons. The van der Waals surface area contributed by atoms with E-state index in [1.807, 2.05) is 29.5 Å². The second-order valence-corrected chi connectivity index (χ2v) is 5.89. The summed E-state index contributed by atoms with van der Waals surface area (Å²) in [4.78, 5) is 13.0. The molecule has 0 saturated heterocycles. The van der Waals surface area contributed by atoms with E-state index in [1.165, 1.54) is 12.1 Å². The number of hydrogen-bond acceptors (Lipinski definition) is 1. The van der Waals surface area contributed by atoms with Gasteiger partial charge in [-0.25, -0.2) is 0 Å². The number of carbonyl (C=O) groups is 1.